The van der Waals surface area contributed by atoms with Gasteiger partial charge in [0.25, 0.3) is 0 Å². The van der Waals surface area contributed by atoms with Gasteiger partial charge in [-0.25, -0.2) is 0 Å². The molecule has 0 fully saturated rings. The molecule has 0 aliphatic carbocycles. The molecule has 21 heavy (non-hydrogen) atoms. The van der Waals surface area contributed by atoms with E-state index >= 15 is 0 Å². The lowest BCUT2D eigenvalue weighted by molar-refractivity contribution is -0.136. The summed E-state index contributed by atoms with van der Waals surface area (Å²) >= 11 is 5.85. The first-order valence-corrected chi connectivity index (χ1v) is 6.77. The summed E-state index contributed by atoms with van der Waals surface area (Å²) in [6.07, 6.45) is 0.116. The topological polar surface area (TPSA) is 69.9 Å². The van der Waals surface area contributed by atoms with Crippen molar-refractivity contribution < 1.29 is 15.1 Å². The first kappa shape index (κ1) is 15.1. The predicted molar refractivity (Wildman–Crippen MR) is 82.1 cm³/mol. The highest BCUT2D eigenvalue weighted by atomic mass is 35.5. The van der Waals surface area contributed by atoms with E-state index in [2.05, 4.69) is 5.16 Å². The quantitative estimate of drug-likeness (QED) is 0.497. The largest absolute Gasteiger partial charge is 0.481 e. The minimum absolute atomic E-state index is 0.0711. The van der Waals surface area contributed by atoms with Crippen molar-refractivity contribution >= 4 is 23.3 Å². The molecule has 0 aliphatic rings. The van der Waals surface area contributed by atoms with Gasteiger partial charge < -0.3 is 10.3 Å². The molecule has 108 valence electrons. The van der Waals surface area contributed by atoms with E-state index < -0.39 is 5.97 Å². The zero-order valence-corrected chi connectivity index (χ0v) is 11.9. The van der Waals surface area contributed by atoms with E-state index in [1.54, 1.807) is 12.1 Å². The number of carboxylic acid groups (broad SMARTS) is 1. The summed E-state index contributed by atoms with van der Waals surface area (Å²) in [7, 11) is 0. The van der Waals surface area contributed by atoms with Crippen molar-refractivity contribution in [3.8, 4) is 11.1 Å². The van der Waals surface area contributed by atoms with Crippen LogP contribution in [0.5, 0.6) is 0 Å². The van der Waals surface area contributed by atoms with Crippen LogP contribution in [0, 0.1) is 0 Å². The maximum atomic E-state index is 10.6. The average molecular weight is 304 g/mol. The number of hydrogen-bond donors (Lipinski definition) is 2. The normalized spacial score (nSPS) is 11.4. The second kappa shape index (κ2) is 6.90. The molecule has 0 atom stereocenters. The highest BCUT2D eigenvalue weighted by Crippen LogP contribution is 2.22. The highest BCUT2D eigenvalue weighted by molar-refractivity contribution is 6.30. The van der Waals surface area contributed by atoms with Crippen molar-refractivity contribution in [2.24, 2.45) is 5.16 Å². The first-order chi connectivity index (χ1) is 10.1. The van der Waals surface area contributed by atoms with E-state index in [1.165, 1.54) is 0 Å². The molecule has 5 heteroatoms. The Morgan fingerprint density at radius 3 is 1.95 bits per heavy atom. The van der Waals surface area contributed by atoms with E-state index in [0.717, 1.165) is 11.1 Å². The number of rotatable bonds is 5. The number of benzene rings is 2. The van der Waals surface area contributed by atoms with Gasteiger partial charge in [0.1, 0.15) is 0 Å². The van der Waals surface area contributed by atoms with Crippen LogP contribution >= 0.6 is 11.6 Å². The van der Waals surface area contributed by atoms with E-state index in [0.29, 0.717) is 16.3 Å². The number of halogens is 1. The van der Waals surface area contributed by atoms with Gasteiger partial charge in [-0.15, -0.1) is 0 Å². The molecule has 4 nitrogen and oxygen atoms in total. The fraction of sp³-hybridized carbons (Fsp3) is 0.125. The lowest BCUT2D eigenvalue weighted by Gasteiger charge is -2.06. The van der Waals surface area contributed by atoms with Gasteiger partial charge in [0, 0.05) is 11.4 Å². The number of nitrogens with zero attached hydrogens (tertiary/aromatic N) is 1. The number of hydrogen-bond acceptors (Lipinski definition) is 3. The Bertz CT molecular complexity index is 648. The van der Waals surface area contributed by atoms with Crippen molar-refractivity contribution in [3.63, 3.8) is 0 Å². The van der Waals surface area contributed by atoms with Gasteiger partial charge in [0.15, 0.2) is 0 Å². The van der Waals surface area contributed by atoms with Gasteiger partial charge in [0.05, 0.1) is 12.1 Å². The molecular weight excluding hydrogens is 290 g/mol. The first-order valence-electron chi connectivity index (χ1n) is 6.39. The summed E-state index contributed by atoms with van der Waals surface area (Å²) in [6.45, 7) is 0. The Balaban J connectivity index is 2.18. The zero-order chi connectivity index (χ0) is 15.2. The van der Waals surface area contributed by atoms with E-state index in [-0.39, 0.29) is 12.8 Å². The van der Waals surface area contributed by atoms with Crippen molar-refractivity contribution in [1.29, 1.82) is 0 Å². The van der Waals surface area contributed by atoms with Crippen molar-refractivity contribution in [1.82, 2.24) is 0 Å². The fourth-order valence-corrected chi connectivity index (χ4v) is 2.10. The zero-order valence-electron chi connectivity index (χ0n) is 11.2. The molecule has 2 N–H and O–H groups in total. The van der Waals surface area contributed by atoms with Gasteiger partial charge in [-0.1, -0.05) is 53.2 Å². The van der Waals surface area contributed by atoms with Gasteiger partial charge in [-0.3, -0.25) is 4.79 Å². The van der Waals surface area contributed by atoms with E-state index in [9.17, 15) is 4.79 Å². The third-order valence-corrected chi connectivity index (χ3v) is 3.34. The molecule has 2 aromatic carbocycles. The lowest BCUT2D eigenvalue weighted by atomic mass is 10.0. The second-order valence-electron chi connectivity index (χ2n) is 4.52. The Morgan fingerprint density at radius 2 is 1.48 bits per heavy atom. The van der Waals surface area contributed by atoms with Crippen molar-refractivity contribution in [3.05, 3.63) is 59.1 Å². The van der Waals surface area contributed by atoms with Crippen molar-refractivity contribution in [2.45, 2.75) is 12.8 Å². The molecule has 0 aromatic heterocycles. The Hall–Kier alpha value is -2.33. The minimum Gasteiger partial charge on any atom is -0.481 e. The van der Waals surface area contributed by atoms with Crippen LogP contribution in [0.1, 0.15) is 18.4 Å². The third kappa shape index (κ3) is 4.07. The number of oxime groups is 1. The number of carboxylic acids is 1. The third-order valence-electron chi connectivity index (χ3n) is 3.09. The smallest absolute Gasteiger partial charge is 0.303 e. The van der Waals surface area contributed by atoms with Crippen molar-refractivity contribution in [2.75, 3.05) is 0 Å². The van der Waals surface area contributed by atoms with Gasteiger partial charge in [-0.05, 0) is 28.8 Å². The van der Waals surface area contributed by atoms with Crippen LogP contribution in [-0.2, 0) is 4.79 Å². The highest BCUT2D eigenvalue weighted by Gasteiger charge is 2.08. The Kier molecular flexibility index (Phi) is 4.95. The molecular formula is C16H14ClNO3. The maximum Gasteiger partial charge on any atom is 0.303 e. The molecule has 0 saturated heterocycles. The Labute approximate surface area is 127 Å². The van der Waals surface area contributed by atoms with Crippen LogP contribution in [0.15, 0.2) is 53.7 Å². The van der Waals surface area contributed by atoms with E-state index in [1.807, 2.05) is 36.4 Å². The average Bonchev–Trinajstić information content (AvgIpc) is 2.49. The molecule has 0 spiro atoms. The molecule has 0 bridgehead atoms. The molecule has 0 aliphatic heterocycles. The summed E-state index contributed by atoms with van der Waals surface area (Å²) < 4.78 is 0. The van der Waals surface area contributed by atoms with Crippen LogP contribution in [-0.4, -0.2) is 22.0 Å². The summed E-state index contributed by atoms with van der Waals surface area (Å²) in [5.74, 6) is -0.922. The standard InChI is InChI=1S/C16H14ClNO3/c17-14-7-5-12(6-8-14)11-1-3-13(4-2-11)15(18-21)9-10-16(19)20/h1-8,21H,9-10H2,(H,19,20)/b18-15-. The molecule has 0 heterocycles. The predicted octanol–water partition coefficient (Wildman–Crippen LogP) is 4.05. The van der Waals surface area contributed by atoms with Crippen LogP contribution in [0.3, 0.4) is 0 Å². The molecule has 0 radical (unpaired) electrons. The number of aliphatic carboxylic acids is 1. The molecule has 0 unspecified atom stereocenters. The SMILES string of the molecule is O=C(O)CC/C(=N/O)c1ccc(-c2ccc(Cl)cc2)cc1. The van der Waals surface area contributed by atoms with Crippen LogP contribution in [0.4, 0.5) is 0 Å². The molecule has 2 aromatic rings. The maximum absolute atomic E-state index is 10.6. The molecule has 0 amide bonds. The molecule has 0 saturated carbocycles. The lowest BCUT2D eigenvalue weighted by Crippen LogP contribution is -2.05. The van der Waals surface area contributed by atoms with Gasteiger partial charge in [-0.2, -0.15) is 0 Å². The fourth-order valence-electron chi connectivity index (χ4n) is 1.97. The van der Waals surface area contributed by atoms with Gasteiger partial charge in [0.2, 0.25) is 0 Å². The van der Waals surface area contributed by atoms with E-state index in [4.69, 9.17) is 21.9 Å². The Morgan fingerprint density at radius 1 is 0.952 bits per heavy atom. The summed E-state index contributed by atoms with van der Waals surface area (Å²) in [5, 5.41) is 21.5. The summed E-state index contributed by atoms with van der Waals surface area (Å²) in [4.78, 5) is 10.6. The van der Waals surface area contributed by atoms with Crippen LogP contribution < -0.4 is 0 Å². The minimum atomic E-state index is -0.922. The number of carbonyl (C=O) groups is 1. The van der Waals surface area contributed by atoms with Crippen LogP contribution in [0.25, 0.3) is 11.1 Å². The summed E-state index contributed by atoms with van der Waals surface area (Å²) in [6, 6.07) is 14.9. The second-order valence-corrected chi connectivity index (χ2v) is 4.96. The summed E-state index contributed by atoms with van der Waals surface area (Å²) in [5.41, 5.74) is 3.10. The monoisotopic (exact) mass is 303 g/mol. The van der Waals surface area contributed by atoms with Crippen LogP contribution in [0.2, 0.25) is 5.02 Å². The van der Waals surface area contributed by atoms with Gasteiger partial charge >= 0.3 is 5.97 Å². The molecule has 2 rings (SSSR count).